The van der Waals surface area contributed by atoms with E-state index < -0.39 is 0 Å². The van der Waals surface area contributed by atoms with Gasteiger partial charge in [0.25, 0.3) is 0 Å². The molecule has 0 amide bonds. The van der Waals surface area contributed by atoms with Gasteiger partial charge in [-0.1, -0.05) is 120 Å². The van der Waals surface area contributed by atoms with Gasteiger partial charge in [0.1, 0.15) is 0 Å². The quantitative estimate of drug-likeness (QED) is 0.0362. The standard InChI is InChI=1S/C48H95NO9/c1-41(2)23-13-19-35-55-47(56-36-20-14-24-42(3)4)29-39-53-45(51)27-11-9-17-31-49(33-34-50)32-18-10-12-28-46(52)54-40-30-48(57-37-21-15-25-43(5)6)58-38-22-16-26-44(7)8/h41-44,47-48,50H,9-40H2,1-8H3. The van der Waals surface area contributed by atoms with Gasteiger partial charge in [-0.25, -0.2) is 0 Å². The molecule has 346 valence electrons. The van der Waals surface area contributed by atoms with E-state index in [1.807, 2.05) is 0 Å². The van der Waals surface area contributed by atoms with Crippen LogP contribution in [-0.4, -0.2) is 100 Å². The predicted octanol–water partition coefficient (Wildman–Crippen LogP) is 11.3. The Bertz CT molecular complexity index is 796. The normalized spacial score (nSPS) is 12.1. The largest absolute Gasteiger partial charge is 0.465 e. The van der Waals surface area contributed by atoms with Crippen molar-refractivity contribution < 1.29 is 43.1 Å². The minimum Gasteiger partial charge on any atom is -0.465 e. The second kappa shape index (κ2) is 41.1. The molecule has 10 nitrogen and oxygen atoms in total. The molecule has 58 heavy (non-hydrogen) atoms. The van der Waals surface area contributed by atoms with Gasteiger partial charge in [-0.2, -0.15) is 0 Å². The van der Waals surface area contributed by atoms with Crippen molar-refractivity contribution >= 4 is 11.9 Å². The maximum Gasteiger partial charge on any atom is 0.305 e. The van der Waals surface area contributed by atoms with Crippen molar-refractivity contribution in [2.45, 2.75) is 209 Å². The summed E-state index contributed by atoms with van der Waals surface area (Å²) < 4.78 is 35.2. The van der Waals surface area contributed by atoms with Crippen molar-refractivity contribution in [1.82, 2.24) is 4.90 Å². The monoisotopic (exact) mass is 830 g/mol. The van der Waals surface area contributed by atoms with Crippen molar-refractivity contribution in [2.24, 2.45) is 23.7 Å². The SMILES string of the molecule is CC(C)CCCCOC(CCOC(=O)CCCCCN(CCO)CCCCCC(=O)OCCC(OCCCCC(C)C)OCCCCC(C)C)OCCCCC(C)C. The third-order valence-electron chi connectivity index (χ3n) is 10.3. The van der Waals surface area contributed by atoms with Crippen LogP contribution in [0, 0.1) is 23.7 Å². The highest BCUT2D eigenvalue weighted by Gasteiger charge is 2.14. The Kier molecular flexibility index (Phi) is 40.2. The Morgan fingerprint density at radius 3 is 1.02 bits per heavy atom. The summed E-state index contributed by atoms with van der Waals surface area (Å²) in [6.07, 6.45) is 20.1. The fourth-order valence-corrected chi connectivity index (χ4v) is 6.63. The second-order valence-corrected chi connectivity index (χ2v) is 18.1. The van der Waals surface area contributed by atoms with E-state index in [0.29, 0.717) is 95.5 Å². The van der Waals surface area contributed by atoms with Crippen LogP contribution in [-0.2, 0) is 38.0 Å². The first-order chi connectivity index (χ1) is 27.9. The van der Waals surface area contributed by atoms with Gasteiger partial charge in [0.15, 0.2) is 12.6 Å². The summed E-state index contributed by atoms with van der Waals surface area (Å²) in [5.41, 5.74) is 0. The van der Waals surface area contributed by atoms with Gasteiger partial charge in [0.2, 0.25) is 0 Å². The van der Waals surface area contributed by atoms with Gasteiger partial charge in [-0.15, -0.1) is 0 Å². The molecule has 0 unspecified atom stereocenters. The molecule has 0 bridgehead atoms. The summed E-state index contributed by atoms with van der Waals surface area (Å²) >= 11 is 0. The molecule has 0 spiro atoms. The number of aliphatic hydroxyl groups is 1. The van der Waals surface area contributed by atoms with E-state index in [2.05, 4.69) is 60.3 Å². The first-order valence-corrected chi connectivity index (χ1v) is 24.0. The molecule has 0 fully saturated rings. The molecular weight excluding hydrogens is 735 g/mol. The van der Waals surface area contributed by atoms with E-state index in [1.165, 1.54) is 25.7 Å². The van der Waals surface area contributed by atoms with E-state index in [0.717, 1.165) is 103 Å². The summed E-state index contributed by atoms with van der Waals surface area (Å²) in [6, 6.07) is 0. The molecule has 0 heterocycles. The zero-order valence-corrected chi connectivity index (χ0v) is 39.3. The lowest BCUT2D eigenvalue weighted by atomic mass is 10.1. The van der Waals surface area contributed by atoms with E-state index in [1.54, 1.807) is 0 Å². The van der Waals surface area contributed by atoms with Gasteiger partial charge in [0.05, 0.1) is 19.8 Å². The third kappa shape index (κ3) is 41.4. The van der Waals surface area contributed by atoms with Gasteiger partial charge < -0.3 is 38.4 Å². The predicted molar refractivity (Wildman–Crippen MR) is 238 cm³/mol. The highest BCUT2D eigenvalue weighted by molar-refractivity contribution is 5.69. The Morgan fingerprint density at radius 1 is 0.397 bits per heavy atom. The number of nitrogens with zero attached hydrogens (tertiary/aromatic N) is 1. The maximum absolute atomic E-state index is 12.4. The number of hydrogen-bond acceptors (Lipinski definition) is 10. The highest BCUT2D eigenvalue weighted by atomic mass is 16.7. The van der Waals surface area contributed by atoms with Gasteiger partial charge in [-0.05, 0) is 88.1 Å². The van der Waals surface area contributed by atoms with Crippen LogP contribution in [0.15, 0.2) is 0 Å². The number of carbonyl (C=O) groups excluding carboxylic acids is 2. The number of esters is 2. The van der Waals surface area contributed by atoms with Crippen molar-refractivity contribution in [1.29, 1.82) is 0 Å². The average molecular weight is 830 g/mol. The molecule has 10 heteroatoms. The zero-order valence-electron chi connectivity index (χ0n) is 39.3. The Balaban J connectivity index is 4.26. The molecule has 1 N–H and O–H groups in total. The molecule has 0 aliphatic carbocycles. The summed E-state index contributed by atoms with van der Waals surface area (Å²) in [5, 5.41) is 9.60. The summed E-state index contributed by atoms with van der Waals surface area (Å²) in [6.45, 7) is 23.8. The highest BCUT2D eigenvalue weighted by Crippen LogP contribution is 2.14. The van der Waals surface area contributed by atoms with Gasteiger partial charge in [-0.3, -0.25) is 9.59 Å². The molecular formula is C48H95NO9. The van der Waals surface area contributed by atoms with Crippen LogP contribution in [0.25, 0.3) is 0 Å². The molecule has 0 aromatic heterocycles. The van der Waals surface area contributed by atoms with E-state index in [9.17, 15) is 14.7 Å². The number of unbranched alkanes of at least 4 members (excludes halogenated alkanes) is 8. The smallest absolute Gasteiger partial charge is 0.305 e. The molecule has 0 aromatic carbocycles. The lowest BCUT2D eigenvalue weighted by Crippen LogP contribution is -2.29. The summed E-state index contributed by atoms with van der Waals surface area (Å²) in [4.78, 5) is 27.2. The van der Waals surface area contributed by atoms with E-state index in [4.69, 9.17) is 28.4 Å². The van der Waals surface area contributed by atoms with E-state index >= 15 is 0 Å². The van der Waals surface area contributed by atoms with Crippen LogP contribution < -0.4 is 0 Å². The Labute approximate surface area is 357 Å². The fourth-order valence-electron chi connectivity index (χ4n) is 6.63. The summed E-state index contributed by atoms with van der Waals surface area (Å²) in [7, 11) is 0. The van der Waals surface area contributed by atoms with Crippen LogP contribution >= 0.6 is 0 Å². The Morgan fingerprint density at radius 2 is 0.724 bits per heavy atom. The van der Waals surface area contributed by atoms with E-state index in [-0.39, 0.29) is 31.1 Å². The van der Waals surface area contributed by atoms with Crippen LogP contribution in [0.3, 0.4) is 0 Å². The first kappa shape index (κ1) is 56.7. The number of ether oxygens (including phenoxy) is 6. The average Bonchev–Trinajstić information content (AvgIpc) is 3.15. The summed E-state index contributed by atoms with van der Waals surface area (Å²) in [5.74, 6) is 2.47. The Hall–Kier alpha value is -1.30. The molecule has 0 saturated heterocycles. The van der Waals surface area contributed by atoms with Crippen molar-refractivity contribution in [2.75, 3.05) is 65.9 Å². The van der Waals surface area contributed by atoms with Crippen molar-refractivity contribution in [3.8, 4) is 0 Å². The molecule has 0 aliphatic rings. The molecule has 0 aliphatic heterocycles. The maximum atomic E-state index is 12.4. The zero-order chi connectivity index (χ0) is 43.1. The minimum atomic E-state index is -0.329. The molecule has 0 rings (SSSR count). The van der Waals surface area contributed by atoms with Gasteiger partial charge in [0, 0.05) is 58.7 Å². The lowest BCUT2D eigenvalue weighted by Gasteiger charge is -2.21. The van der Waals surface area contributed by atoms with Crippen molar-refractivity contribution in [3.05, 3.63) is 0 Å². The third-order valence-corrected chi connectivity index (χ3v) is 10.3. The lowest BCUT2D eigenvalue weighted by molar-refractivity contribution is -0.162. The number of carbonyl (C=O) groups is 2. The molecule has 0 atom stereocenters. The van der Waals surface area contributed by atoms with Gasteiger partial charge >= 0.3 is 11.9 Å². The fraction of sp³-hybridized carbons (Fsp3) is 0.958. The van der Waals surface area contributed by atoms with Crippen molar-refractivity contribution in [3.63, 3.8) is 0 Å². The number of rotatable bonds is 44. The second-order valence-electron chi connectivity index (χ2n) is 18.1. The molecule has 0 radical (unpaired) electrons. The first-order valence-electron chi connectivity index (χ1n) is 24.0. The number of aliphatic hydroxyl groups excluding tert-OH is 1. The number of hydrogen-bond donors (Lipinski definition) is 1. The topological polar surface area (TPSA) is 113 Å². The van der Waals surface area contributed by atoms with Crippen LogP contribution in [0.2, 0.25) is 0 Å². The van der Waals surface area contributed by atoms with Crippen LogP contribution in [0.4, 0.5) is 0 Å². The van der Waals surface area contributed by atoms with Crippen LogP contribution in [0.5, 0.6) is 0 Å². The van der Waals surface area contributed by atoms with Crippen LogP contribution in [0.1, 0.15) is 197 Å². The minimum absolute atomic E-state index is 0.118. The molecule has 0 aromatic rings. The molecule has 0 saturated carbocycles.